The number of aliphatic hydroxyl groups is 1. The maximum atomic E-state index is 14.1. The highest BCUT2D eigenvalue weighted by Crippen LogP contribution is 2.42. The molecule has 2 saturated heterocycles. The van der Waals surface area contributed by atoms with Crippen LogP contribution in [0.4, 0.5) is 10.2 Å². The van der Waals surface area contributed by atoms with E-state index in [1.807, 2.05) is 13.8 Å². The maximum absolute atomic E-state index is 14.1. The number of anilines is 1. The number of H-pyrrole nitrogens is 1. The fraction of sp³-hybridized carbons (Fsp3) is 0.458. The molecule has 0 saturated carbocycles. The molecule has 1 spiro atoms. The minimum absolute atomic E-state index is 0.00514. The van der Waals surface area contributed by atoms with Gasteiger partial charge in [0, 0.05) is 24.5 Å². The van der Waals surface area contributed by atoms with Crippen molar-refractivity contribution < 1.29 is 14.2 Å². The van der Waals surface area contributed by atoms with Crippen LogP contribution in [0, 0.1) is 30.0 Å². The van der Waals surface area contributed by atoms with Crippen molar-refractivity contribution in [3.05, 3.63) is 46.5 Å². The van der Waals surface area contributed by atoms with Crippen LogP contribution in [0.5, 0.6) is 0 Å². The maximum Gasteiger partial charge on any atom is 0.177 e. The number of rotatable bonds is 2. The molecular weight excluding hydrogens is 423 g/mol. The molecule has 1 aromatic carbocycles. The fourth-order valence-corrected chi connectivity index (χ4v) is 4.80. The molecule has 2 aromatic heterocycles. The lowest BCUT2D eigenvalue weighted by Crippen LogP contribution is -2.51. The molecule has 2 aliphatic rings. The number of piperidine rings is 1. The van der Waals surface area contributed by atoms with Gasteiger partial charge in [0.1, 0.15) is 17.0 Å². The Labute approximate surface area is 191 Å². The lowest BCUT2D eigenvalue weighted by atomic mass is 9.73. The molecule has 2 aliphatic heterocycles. The highest BCUT2D eigenvalue weighted by atomic mass is 19.1. The number of nitrogens with zero attached hydrogens (tertiary/aromatic N) is 4. The number of aromatic amines is 1. The third kappa shape index (κ3) is 3.84. The Balaban J connectivity index is 1.42. The van der Waals surface area contributed by atoms with E-state index < -0.39 is 0 Å². The Morgan fingerprint density at radius 2 is 2.09 bits per heavy atom. The summed E-state index contributed by atoms with van der Waals surface area (Å²) in [5, 5.41) is 17.1. The zero-order valence-electron chi connectivity index (χ0n) is 18.7. The lowest BCUT2D eigenvalue weighted by Gasteiger charge is -2.41. The monoisotopic (exact) mass is 450 g/mol. The third-order valence-electron chi connectivity index (χ3n) is 6.94. The second-order valence-corrected chi connectivity index (χ2v) is 9.05. The van der Waals surface area contributed by atoms with Gasteiger partial charge >= 0.3 is 0 Å². The molecule has 4 N–H and O–H groups in total. The normalized spacial score (nSPS) is 22.0. The van der Waals surface area contributed by atoms with Crippen molar-refractivity contribution >= 4 is 17.0 Å². The number of ether oxygens (including phenoxy) is 1. The largest absolute Gasteiger partial charge is 0.390 e. The van der Waals surface area contributed by atoms with Crippen LogP contribution in [0.2, 0.25) is 0 Å². The predicted octanol–water partition coefficient (Wildman–Crippen LogP) is 2.03. The molecule has 2 atom stereocenters. The van der Waals surface area contributed by atoms with Gasteiger partial charge in [-0.3, -0.25) is 5.10 Å². The Kier molecular flexibility index (Phi) is 5.52. The van der Waals surface area contributed by atoms with Crippen LogP contribution in [0.25, 0.3) is 11.2 Å². The van der Waals surface area contributed by atoms with Crippen molar-refractivity contribution in [1.82, 2.24) is 20.2 Å². The second-order valence-electron chi connectivity index (χ2n) is 9.05. The molecule has 4 heterocycles. The van der Waals surface area contributed by atoms with Gasteiger partial charge in [-0.1, -0.05) is 12.0 Å². The summed E-state index contributed by atoms with van der Waals surface area (Å²) in [6.45, 7) is 5.79. The predicted molar refractivity (Wildman–Crippen MR) is 122 cm³/mol. The van der Waals surface area contributed by atoms with Crippen LogP contribution in [0.15, 0.2) is 18.2 Å². The Morgan fingerprint density at radius 1 is 1.30 bits per heavy atom. The summed E-state index contributed by atoms with van der Waals surface area (Å²) in [5.41, 5.74) is 9.30. The summed E-state index contributed by atoms with van der Waals surface area (Å²) < 4.78 is 19.9. The first-order chi connectivity index (χ1) is 15.9. The van der Waals surface area contributed by atoms with E-state index in [2.05, 4.69) is 31.9 Å². The molecule has 5 rings (SSSR count). The first kappa shape index (κ1) is 21.8. The fourth-order valence-electron chi connectivity index (χ4n) is 4.80. The van der Waals surface area contributed by atoms with Crippen LogP contribution in [0.1, 0.15) is 42.3 Å². The molecule has 172 valence electrons. The molecular formula is C24H27FN6O2. The van der Waals surface area contributed by atoms with Crippen LogP contribution < -0.4 is 10.6 Å². The number of aryl methyl sites for hydroxylation is 1. The van der Waals surface area contributed by atoms with Crippen LogP contribution >= 0.6 is 0 Å². The standard InChI is InChI=1S/C24H27FN6O2/c1-14-3-4-16(17(25)11-14)5-6-18-20-22(30-29-18)28-23(19(12-32)27-20)31-9-7-24(8-10-31)13-33-15(2)21(24)26/h3-4,11,15,21,32H,7-10,12-13,26H2,1-2H3,(H,28,29,30)/t15-,21+/m0/s1. The number of benzene rings is 1. The van der Waals surface area contributed by atoms with Gasteiger partial charge in [0.2, 0.25) is 0 Å². The number of nitrogens with two attached hydrogens (primary N) is 1. The number of aliphatic hydroxyl groups excluding tert-OH is 1. The number of halogens is 1. The number of hydrogen-bond acceptors (Lipinski definition) is 7. The number of nitrogens with one attached hydrogen (secondary N) is 1. The summed E-state index contributed by atoms with van der Waals surface area (Å²) in [4.78, 5) is 11.4. The molecule has 0 unspecified atom stereocenters. The average molecular weight is 451 g/mol. The molecule has 9 heteroatoms. The zero-order chi connectivity index (χ0) is 23.2. The first-order valence-electron chi connectivity index (χ1n) is 11.2. The van der Waals surface area contributed by atoms with Gasteiger partial charge in [-0.15, -0.1) is 0 Å². The van der Waals surface area contributed by atoms with Gasteiger partial charge in [-0.2, -0.15) is 5.10 Å². The van der Waals surface area contributed by atoms with Gasteiger partial charge < -0.3 is 20.5 Å². The molecule has 0 bridgehead atoms. The lowest BCUT2D eigenvalue weighted by molar-refractivity contribution is 0.0973. The van der Waals surface area contributed by atoms with Gasteiger partial charge in [-0.05, 0) is 50.3 Å². The topological polar surface area (TPSA) is 113 Å². The van der Waals surface area contributed by atoms with Crippen molar-refractivity contribution in [3.63, 3.8) is 0 Å². The highest BCUT2D eigenvalue weighted by Gasteiger charge is 2.47. The van der Waals surface area contributed by atoms with E-state index in [-0.39, 0.29) is 35.5 Å². The van der Waals surface area contributed by atoms with Crippen molar-refractivity contribution in [1.29, 1.82) is 0 Å². The quantitative estimate of drug-likeness (QED) is 0.512. The SMILES string of the molecule is Cc1ccc(C#Cc2n[nH]c3nc(N4CCC5(CC4)CO[C@@H](C)[C@H]5N)c(CO)nc23)c(F)c1. The Hall–Kier alpha value is -3.06. The van der Waals surface area contributed by atoms with Gasteiger partial charge in [0.15, 0.2) is 17.2 Å². The molecule has 33 heavy (non-hydrogen) atoms. The smallest absolute Gasteiger partial charge is 0.177 e. The second kappa shape index (κ2) is 8.37. The summed E-state index contributed by atoms with van der Waals surface area (Å²) in [7, 11) is 0. The third-order valence-corrected chi connectivity index (χ3v) is 6.94. The van der Waals surface area contributed by atoms with Crippen molar-refractivity contribution in [2.75, 3.05) is 24.6 Å². The number of aromatic nitrogens is 4. The van der Waals surface area contributed by atoms with Crippen LogP contribution in [-0.2, 0) is 11.3 Å². The van der Waals surface area contributed by atoms with E-state index >= 15 is 0 Å². The van der Waals surface area contributed by atoms with Gasteiger partial charge in [-0.25, -0.2) is 14.4 Å². The molecule has 2 fully saturated rings. The van der Waals surface area contributed by atoms with E-state index in [4.69, 9.17) is 15.5 Å². The summed E-state index contributed by atoms with van der Waals surface area (Å²) in [5.74, 6) is 5.95. The Bertz CT molecular complexity index is 1260. The molecule has 0 aliphatic carbocycles. The van der Waals surface area contributed by atoms with E-state index in [1.54, 1.807) is 12.1 Å². The number of hydrogen-bond donors (Lipinski definition) is 3. The van der Waals surface area contributed by atoms with Crippen molar-refractivity contribution in [2.24, 2.45) is 11.1 Å². The van der Waals surface area contributed by atoms with Crippen LogP contribution in [0.3, 0.4) is 0 Å². The minimum Gasteiger partial charge on any atom is -0.390 e. The summed E-state index contributed by atoms with van der Waals surface area (Å²) in [6.07, 6.45) is 1.86. The summed E-state index contributed by atoms with van der Waals surface area (Å²) in [6, 6.07) is 4.91. The van der Waals surface area contributed by atoms with Crippen molar-refractivity contribution in [2.45, 2.75) is 45.4 Å². The highest BCUT2D eigenvalue weighted by molar-refractivity contribution is 5.78. The van der Waals surface area contributed by atoms with E-state index in [9.17, 15) is 9.50 Å². The molecule has 8 nitrogen and oxygen atoms in total. The Morgan fingerprint density at radius 3 is 2.76 bits per heavy atom. The minimum atomic E-state index is -0.378. The van der Waals surface area contributed by atoms with E-state index in [1.165, 1.54) is 6.07 Å². The molecule has 3 aromatic rings. The summed E-state index contributed by atoms with van der Waals surface area (Å²) >= 11 is 0. The van der Waals surface area contributed by atoms with E-state index in [0.29, 0.717) is 35.0 Å². The zero-order valence-corrected chi connectivity index (χ0v) is 18.7. The number of fused-ring (bicyclic) bond motifs is 1. The van der Waals surface area contributed by atoms with Crippen molar-refractivity contribution in [3.8, 4) is 11.8 Å². The van der Waals surface area contributed by atoms with Gasteiger partial charge in [0.05, 0.1) is 24.9 Å². The molecule has 0 radical (unpaired) electrons. The molecule has 0 amide bonds. The first-order valence-corrected chi connectivity index (χ1v) is 11.2. The van der Waals surface area contributed by atoms with E-state index in [0.717, 1.165) is 31.5 Å². The van der Waals surface area contributed by atoms with Crippen LogP contribution in [-0.4, -0.2) is 57.1 Å². The van der Waals surface area contributed by atoms with Gasteiger partial charge in [0.25, 0.3) is 0 Å². The average Bonchev–Trinajstić information content (AvgIpc) is 3.34.